The van der Waals surface area contributed by atoms with Crippen LogP contribution in [-0.2, 0) is 65.4 Å². The largest absolute Gasteiger partial charge is 0.472 e. The van der Waals surface area contributed by atoms with Crippen LogP contribution in [0.25, 0.3) is 0 Å². The highest BCUT2D eigenvalue weighted by molar-refractivity contribution is 7.47. The number of hydrogen-bond acceptors (Lipinski definition) is 15. The van der Waals surface area contributed by atoms with E-state index in [0.29, 0.717) is 25.7 Å². The molecule has 0 spiro atoms. The molecule has 0 saturated heterocycles. The number of carbonyl (C=O) groups excluding carboxylic acids is 4. The van der Waals surface area contributed by atoms with Crippen LogP contribution in [0, 0.1) is 17.8 Å². The fraction of sp³-hybridized carbons (Fsp3) is 0.953. The summed E-state index contributed by atoms with van der Waals surface area (Å²) in [5, 5.41) is 10.7. The number of phosphoric acid groups is 2. The van der Waals surface area contributed by atoms with Gasteiger partial charge in [-0.3, -0.25) is 37.3 Å². The van der Waals surface area contributed by atoms with Crippen molar-refractivity contribution in [2.24, 2.45) is 17.8 Å². The first-order valence-corrected chi connectivity index (χ1v) is 46.8. The molecule has 0 radical (unpaired) electrons. The minimum atomic E-state index is -4.97. The molecule has 3 N–H and O–H groups in total. The van der Waals surface area contributed by atoms with Gasteiger partial charge in [0.15, 0.2) is 12.2 Å². The van der Waals surface area contributed by atoms with Crippen molar-refractivity contribution in [3.63, 3.8) is 0 Å². The molecule has 0 aromatic heterocycles. The summed E-state index contributed by atoms with van der Waals surface area (Å²) in [5.41, 5.74) is 0. The number of aliphatic hydroxyl groups excluding tert-OH is 1. The summed E-state index contributed by atoms with van der Waals surface area (Å²) in [6.45, 7) is 12.0. The van der Waals surface area contributed by atoms with E-state index in [2.05, 4.69) is 48.5 Å². The van der Waals surface area contributed by atoms with Gasteiger partial charge in [0.1, 0.15) is 19.3 Å². The highest BCUT2D eigenvalue weighted by Crippen LogP contribution is 2.45. The molecular weight excluding hydrogens is 1350 g/mol. The maximum absolute atomic E-state index is 13.1. The molecule has 0 aliphatic carbocycles. The number of esters is 4. The second-order valence-corrected chi connectivity index (χ2v) is 34.9. The second kappa shape index (κ2) is 75.1. The molecule has 5 atom stereocenters. The lowest BCUT2D eigenvalue weighted by molar-refractivity contribution is -0.161. The van der Waals surface area contributed by atoms with E-state index >= 15 is 0 Å². The molecule has 0 aliphatic heterocycles. The van der Waals surface area contributed by atoms with Crippen LogP contribution >= 0.6 is 15.6 Å². The van der Waals surface area contributed by atoms with Crippen LogP contribution in [0.15, 0.2) is 0 Å². The number of carbonyl (C=O) groups is 4. The van der Waals surface area contributed by atoms with Crippen LogP contribution < -0.4 is 0 Å². The molecular formula is C85H166O17P2. The number of hydrogen-bond donors (Lipinski definition) is 3. The molecule has 17 nitrogen and oxygen atoms in total. The van der Waals surface area contributed by atoms with Gasteiger partial charge >= 0.3 is 39.5 Å². The molecule has 0 bridgehead atoms. The molecule has 0 aromatic rings. The van der Waals surface area contributed by atoms with Gasteiger partial charge in [-0.05, 0) is 43.4 Å². The third kappa shape index (κ3) is 78.2. The minimum absolute atomic E-state index is 0.106. The zero-order chi connectivity index (χ0) is 76.5. The Morgan fingerprint density at radius 3 is 0.654 bits per heavy atom. The maximum atomic E-state index is 13.1. The van der Waals surface area contributed by atoms with Crippen LogP contribution in [0.1, 0.15) is 447 Å². The third-order valence-electron chi connectivity index (χ3n) is 19.9. The first kappa shape index (κ1) is 102. The van der Waals surface area contributed by atoms with Crippen LogP contribution in [-0.4, -0.2) is 96.7 Å². The molecule has 19 heteroatoms. The Morgan fingerprint density at radius 2 is 0.442 bits per heavy atom. The highest BCUT2D eigenvalue weighted by atomic mass is 31.2. The lowest BCUT2D eigenvalue weighted by Crippen LogP contribution is -2.30. The smallest absolute Gasteiger partial charge is 0.462 e. The number of phosphoric ester groups is 2. The average Bonchev–Trinajstić information content (AvgIpc) is 0.904. The summed E-state index contributed by atoms with van der Waals surface area (Å²) in [4.78, 5) is 73.2. The second-order valence-electron chi connectivity index (χ2n) is 32.0. The van der Waals surface area contributed by atoms with E-state index in [0.717, 1.165) is 108 Å². The van der Waals surface area contributed by atoms with Gasteiger partial charge in [-0.1, -0.05) is 395 Å². The van der Waals surface area contributed by atoms with Gasteiger partial charge in [0.25, 0.3) is 0 Å². The number of aliphatic hydroxyl groups is 1. The monoisotopic (exact) mass is 1520 g/mol. The van der Waals surface area contributed by atoms with Crippen molar-refractivity contribution < 1.29 is 80.2 Å². The molecule has 0 amide bonds. The number of ether oxygens (including phenoxy) is 4. The highest BCUT2D eigenvalue weighted by Gasteiger charge is 2.30. The predicted octanol–water partition coefficient (Wildman–Crippen LogP) is 25.7. The Morgan fingerprint density at radius 1 is 0.260 bits per heavy atom. The lowest BCUT2D eigenvalue weighted by Gasteiger charge is -2.21. The van der Waals surface area contributed by atoms with Gasteiger partial charge in [-0.2, -0.15) is 0 Å². The van der Waals surface area contributed by atoms with Crippen LogP contribution in [0.2, 0.25) is 0 Å². The number of rotatable bonds is 83. The fourth-order valence-electron chi connectivity index (χ4n) is 13.2. The van der Waals surface area contributed by atoms with Gasteiger partial charge < -0.3 is 33.8 Å². The molecule has 0 rings (SSSR count). The normalized spacial score (nSPS) is 13.9. The summed E-state index contributed by atoms with van der Waals surface area (Å²) in [6, 6.07) is 0. The molecule has 2 unspecified atom stereocenters. The zero-order valence-electron chi connectivity index (χ0n) is 68.5. The Balaban J connectivity index is 5.24. The van der Waals surface area contributed by atoms with E-state index in [-0.39, 0.29) is 25.7 Å². The van der Waals surface area contributed by atoms with Crippen LogP contribution in [0.3, 0.4) is 0 Å². The van der Waals surface area contributed by atoms with E-state index in [1.54, 1.807) is 0 Å². The Kier molecular flexibility index (Phi) is 73.7. The van der Waals surface area contributed by atoms with Gasteiger partial charge in [-0.25, -0.2) is 9.13 Å². The topological polar surface area (TPSA) is 237 Å². The maximum Gasteiger partial charge on any atom is 0.472 e. The Hall–Kier alpha value is -1.94. The first-order chi connectivity index (χ1) is 50.2. The van der Waals surface area contributed by atoms with Gasteiger partial charge in [0.2, 0.25) is 0 Å². The van der Waals surface area contributed by atoms with Crippen molar-refractivity contribution in [2.45, 2.75) is 465 Å². The van der Waals surface area contributed by atoms with E-state index < -0.39 is 97.5 Å². The molecule has 0 heterocycles. The minimum Gasteiger partial charge on any atom is -0.462 e. The summed E-state index contributed by atoms with van der Waals surface area (Å²) in [5.74, 6) is 0.195. The Bertz CT molecular complexity index is 2010. The molecule has 618 valence electrons. The number of unbranched alkanes of at least 4 members (excludes halogenated alkanes) is 51. The Labute approximate surface area is 638 Å². The van der Waals surface area contributed by atoms with Gasteiger partial charge in [0, 0.05) is 25.7 Å². The molecule has 0 saturated carbocycles. The molecule has 104 heavy (non-hydrogen) atoms. The zero-order valence-corrected chi connectivity index (χ0v) is 70.3. The van der Waals surface area contributed by atoms with Crippen molar-refractivity contribution in [1.82, 2.24) is 0 Å². The summed E-state index contributed by atoms with van der Waals surface area (Å²) in [7, 11) is -9.93. The lowest BCUT2D eigenvalue weighted by atomic mass is 10.0. The van der Waals surface area contributed by atoms with Gasteiger partial charge in [-0.15, -0.1) is 0 Å². The quantitative estimate of drug-likeness (QED) is 0.0222. The van der Waals surface area contributed by atoms with Gasteiger partial charge in [0.05, 0.1) is 26.4 Å². The van der Waals surface area contributed by atoms with E-state index in [9.17, 15) is 43.2 Å². The van der Waals surface area contributed by atoms with Crippen LogP contribution in [0.5, 0.6) is 0 Å². The van der Waals surface area contributed by atoms with Crippen molar-refractivity contribution in [3.8, 4) is 0 Å². The summed E-state index contributed by atoms with van der Waals surface area (Å²) in [6.07, 6.45) is 65.3. The molecule has 0 fully saturated rings. The summed E-state index contributed by atoms with van der Waals surface area (Å²) < 4.78 is 68.9. The van der Waals surface area contributed by atoms with E-state index in [1.165, 1.54) is 257 Å². The third-order valence-corrected chi connectivity index (χ3v) is 21.8. The van der Waals surface area contributed by atoms with E-state index in [4.69, 9.17) is 37.0 Å². The molecule has 0 aliphatic rings. The van der Waals surface area contributed by atoms with E-state index in [1.807, 2.05) is 0 Å². The van der Waals surface area contributed by atoms with Crippen molar-refractivity contribution >= 4 is 39.5 Å². The van der Waals surface area contributed by atoms with Crippen LogP contribution in [0.4, 0.5) is 0 Å². The standard InChI is InChI=1S/C85H166O17P2/c1-8-9-10-11-12-13-14-15-16-17-18-19-20-21-24-28-31-39-47-54-61-68-84(89)101-80(72-95-82(87)66-59-52-45-38-30-27-25-22-23-26-29-35-42-49-56-63-76(2)3)74-99-103(91,92)97-70-79(86)71-98-104(93,94)100-75-81(73-96-83(88)67-60-53-46-41-34-37-44-51-58-65-78(6)7)102-85(90)69-62-55-48-40-33-32-36-43-50-57-64-77(4)5/h76-81,86H,8-75H2,1-7H3,(H,91,92)(H,93,94)/t79-,80-,81-/m1/s1. The predicted molar refractivity (Wildman–Crippen MR) is 428 cm³/mol. The average molecular weight is 1520 g/mol. The molecule has 0 aromatic carbocycles. The van der Waals surface area contributed by atoms with Crippen molar-refractivity contribution in [1.29, 1.82) is 0 Å². The van der Waals surface area contributed by atoms with Crippen molar-refractivity contribution in [2.75, 3.05) is 39.6 Å². The SMILES string of the molecule is CCCCCCCCCCCCCCCCCCCCCCCC(=O)O[C@H](COC(=O)CCCCCCCCCCCCCCCCCC(C)C)COP(=O)(O)OC[C@@H](O)COP(=O)(O)OC[C@@H](COC(=O)CCCCCCCCCCCC(C)C)OC(=O)CCCCCCCCCCCCC(C)C. The first-order valence-electron chi connectivity index (χ1n) is 43.8. The summed E-state index contributed by atoms with van der Waals surface area (Å²) >= 11 is 0. The fourth-order valence-corrected chi connectivity index (χ4v) is 14.8. The van der Waals surface area contributed by atoms with Crippen molar-refractivity contribution in [3.05, 3.63) is 0 Å².